The molecule has 90 valence electrons. The van der Waals surface area contributed by atoms with Crippen LogP contribution in [-0.4, -0.2) is 21.3 Å². The van der Waals surface area contributed by atoms with Gasteiger partial charge in [-0.25, -0.2) is 0 Å². The van der Waals surface area contributed by atoms with Crippen molar-refractivity contribution in [1.82, 2.24) is 20.1 Å². The first-order valence-electron chi connectivity index (χ1n) is 5.85. The van der Waals surface area contributed by atoms with E-state index >= 15 is 0 Å². The maximum Gasteiger partial charge on any atom is 0.133 e. The van der Waals surface area contributed by atoms with E-state index in [-0.39, 0.29) is 0 Å². The molecule has 1 heterocycles. The highest BCUT2D eigenvalue weighted by Crippen LogP contribution is 2.03. The highest BCUT2D eigenvalue weighted by Gasteiger charge is 1.99. The van der Waals surface area contributed by atoms with Gasteiger partial charge in [0.25, 0.3) is 0 Å². The quantitative estimate of drug-likeness (QED) is 0.791. The molecule has 0 atom stereocenters. The van der Waals surface area contributed by atoms with E-state index in [1.165, 1.54) is 11.1 Å². The van der Waals surface area contributed by atoms with Gasteiger partial charge in [0.2, 0.25) is 0 Å². The molecular formula is C13H18N4. The lowest BCUT2D eigenvalue weighted by molar-refractivity contribution is 0.653. The Hall–Kier alpha value is -1.68. The van der Waals surface area contributed by atoms with Gasteiger partial charge in [-0.15, -0.1) is 10.2 Å². The standard InChI is InChI=1S/C13H18N4/c1-11-4-3-5-12(8-11)9-14-7-6-13-16-15-10-17(13)2/h3-5,8,10,14H,6-7,9H2,1-2H3. The van der Waals surface area contributed by atoms with Gasteiger partial charge >= 0.3 is 0 Å². The summed E-state index contributed by atoms with van der Waals surface area (Å²) in [6.07, 6.45) is 2.64. The molecule has 0 bridgehead atoms. The molecule has 1 aromatic carbocycles. The van der Waals surface area contributed by atoms with E-state index in [0.29, 0.717) is 0 Å². The minimum atomic E-state index is 0.902. The first-order chi connectivity index (χ1) is 8.25. The molecule has 1 aromatic heterocycles. The van der Waals surface area contributed by atoms with E-state index in [1.54, 1.807) is 6.33 Å². The van der Waals surface area contributed by atoms with Crippen LogP contribution >= 0.6 is 0 Å². The maximum absolute atomic E-state index is 4.05. The molecule has 0 spiro atoms. The molecule has 17 heavy (non-hydrogen) atoms. The molecule has 0 saturated carbocycles. The van der Waals surface area contributed by atoms with Crippen LogP contribution in [0.4, 0.5) is 0 Å². The number of rotatable bonds is 5. The van der Waals surface area contributed by atoms with Crippen molar-refractivity contribution >= 4 is 0 Å². The summed E-state index contributed by atoms with van der Waals surface area (Å²) in [6, 6.07) is 8.55. The van der Waals surface area contributed by atoms with Crippen molar-refractivity contribution in [2.24, 2.45) is 7.05 Å². The average Bonchev–Trinajstić information content (AvgIpc) is 2.71. The lowest BCUT2D eigenvalue weighted by atomic mass is 10.1. The van der Waals surface area contributed by atoms with Gasteiger partial charge in [-0.1, -0.05) is 29.8 Å². The van der Waals surface area contributed by atoms with Crippen LogP contribution in [0.2, 0.25) is 0 Å². The van der Waals surface area contributed by atoms with Crippen LogP contribution in [0.5, 0.6) is 0 Å². The second-order valence-electron chi connectivity index (χ2n) is 4.27. The van der Waals surface area contributed by atoms with Gasteiger partial charge in [-0.05, 0) is 12.5 Å². The van der Waals surface area contributed by atoms with E-state index < -0.39 is 0 Å². The Morgan fingerprint density at radius 1 is 1.35 bits per heavy atom. The third kappa shape index (κ3) is 3.39. The fourth-order valence-corrected chi connectivity index (χ4v) is 1.79. The van der Waals surface area contributed by atoms with E-state index in [9.17, 15) is 0 Å². The van der Waals surface area contributed by atoms with E-state index in [1.807, 2.05) is 11.6 Å². The highest BCUT2D eigenvalue weighted by molar-refractivity contribution is 5.21. The van der Waals surface area contributed by atoms with E-state index in [4.69, 9.17) is 0 Å². The number of nitrogens with one attached hydrogen (secondary N) is 1. The molecule has 1 N–H and O–H groups in total. The van der Waals surface area contributed by atoms with Crippen LogP contribution in [-0.2, 0) is 20.0 Å². The van der Waals surface area contributed by atoms with E-state index in [0.717, 1.165) is 25.3 Å². The first-order valence-corrected chi connectivity index (χ1v) is 5.85. The van der Waals surface area contributed by atoms with Crippen molar-refractivity contribution in [3.63, 3.8) is 0 Å². The fourth-order valence-electron chi connectivity index (χ4n) is 1.79. The molecule has 0 radical (unpaired) electrons. The van der Waals surface area contributed by atoms with Gasteiger partial charge in [-0.2, -0.15) is 0 Å². The summed E-state index contributed by atoms with van der Waals surface area (Å²) in [5.74, 6) is 1.02. The van der Waals surface area contributed by atoms with Crippen LogP contribution in [0.15, 0.2) is 30.6 Å². The normalized spacial score (nSPS) is 10.7. The Bertz CT molecular complexity index is 476. The monoisotopic (exact) mass is 230 g/mol. The Morgan fingerprint density at radius 2 is 2.24 bits per heavy atom. The summed E-state index contributed by atoms with van der Waals surface area (Å²) in [7, 11) is 1.97. The third-order valence-electron chi connectivity index (χ3n) is 2.74. The van der Waals surface area contributed by atoms with Gasteiger partial charge in [0, 0.05) is 26.6 Å². The van der Waals surface area contributed by atoms with Crippen molar-refractivity contribution in [2.45, 2.75) is 19.9 Å². The fraction of sp³-hybridized carbons (Fsp3) is 0.385. The Balaban J connectivity index is 1.75. The van der Waals surface area contributed by atoms with Crippen LogP contribution in [0, 0.1) is 6.92 Å². The second-order valence-corrected chi connectivity index (χ2v) is 4.27. The highest BCUT2D eigenvalue weighted by atomic mass is 15.2. The number of aryl methyl sites for hydroxylation is 2. The number of hydrogen-bond acceptors (Lipinski definition) is 3. The van der Waals surface area contributed by atoms with Crippen molar-refractivity contribution in [1.29, 1.82) is 0 Å². The largest absolute Gasteiger partial charge is 0.321 e. The zero-order valence-electron chi connectivity index (χ0n) is 10.3. The molecule has 4 heteroatoms. The van der Waals surface area contributed by atoms with Crippen LogP contribution < -0.4 is 5.32 Å². The lowest BCUT2D eigenvalue weighted by Crippen LogP contribution is -2.18. The first kappa shape index (κ1) is 11.8. The number of aromatic nitrogens is 3. The molecule has 2 rings (SSSR count). The Morgan fingerprint density at radius 3 is 2.94 bits per heavy atom. The third-order valence-corrected chi connectivity index (χ3v) is 2.74. The minimum Gasteiger partial charge on any atom is -0.321 e. The number of nitrogens with zero attached hydrogens (tertiary/aromatic N) is 3. The minimum absolute atomic E-state index is 0.902. The number of hydrogen-bond donors (Lipinski definition) is 1. The summed E-state index contributed by atoms with van der Waals surface area (Å²) in [5, 5.41) is 11.3. The average molecular weight is 230 g/mol. The molecule has 0 saturated heterocycles. The lowest BCUT2D eigenvalue weighted by Gasteiger charge is -2.05. The summed E-state index contributed by atoms with van der Waals surface area (Å²) >= 11 is 0. The molecular weight excluding hydrogens is 212 g/mol. The van der Waals surface area contributed by atoms with E-state index in [2.05, 4.69) is 46.7 Å². The van der Waals surface area contributed by atoms with Crippen LogP contribution in [0.25, 0.3) is 0 Å². The summed E-state index contributed by atoms with van der Waals surface area (Å²) in [6.45, 7) is 3.93. The molecule has 0 unspecified atom stereocenters. The van der Waals surface area contributed by atoms with Crippen molar-refractivity contribution < 1.29 is 0 Å². The van der Waals surface area contributed by atoms with Crippen LogP contribution in [0.3, 0.4) is 0 Å². The van der Waals surface area contributed by atoms with Crippen molar-refractivity contribution in [2.75, 3.05) is 6.54 Å². The molecule has 0 fully saturated rings. The predicted molar refractivity (Wildman–Crippen MR) is 67.6 cm³/mol. The smallest absolute Gasteiger partial charge is 0.133 e. The topological polar surface area (TPSA) is 42.7 Å². The summed E-state index contributed by atoms with van der Waals surface area (Å²) in [4.78, 5) is 0. The Kier molecular flexibility index (Phi) is 3.88. The molecule has 0 aliphatic heterocycles. The van der Waals surface area contributed by atoms with Gasteiger partial charge in [0.15, 0.2) is 0 Å². The van der Waals surface area contributed by atoms with Crippen LogP contribution in [0.1, 0.15) is 17.0 Å². The molecule has 2 aromatic rings. The molecule has 0 amide bonds. The van der Waals surface area contributed by atoms with Gasteiger partial charge in [0.1, 0.15) is 12.2 Å². The summed E-state index contributed by atoms with van der Waals surface area (Å²) < 4.78 is 1.95. The Labute approximate surface area is 102 Å². The second kappa shape index (κ2) is 5.59. The molecule has 0 aliphatic carbocycles. The zero-order valence-corrected chi connectivity index (χ0v) is 10.3. The zero-order chi connectivity index (χ0) is 12.1. The van der Waals surface area contributed by atoms with Crippen molar-refractivity contribution in [3.8, 4) is 0 Å². The maximum atomic E-state index is 4.05. The van der Waals surface area contributed by atoms with Gasteiger partial charge in [-0.3, -0.25) is 0 Å². The molecule has 0 aliphatic rings. The SMILES string of the molecule is Cc1cccc(CNCCc2nncn2C)c1. The predicted octanol–water partition coefficient (Wildman–Crippen LogP) is 1.46. The van der Waals surface area contributed by atoms with Gasteiger partial charge in [0.05, 0.1) is 0 Å². The summed E-state index contributed by atoms with van der Waals surface area (Å²) in [5.41, 5.74) is 2.63. The van der Waals surface area contributed by atoms with Gasteiger partial charge < -0.3 is 9.88 Å². The number of benzene rings is 1. The van der Waals surface area contributed by atoms with Crippen molar-refractivity contribution in [3.05, 3.63) is 47.5 Å². The molecule has 4 nitrogen and oxygen atoms in total.